The summed E-state index contributed by atoms with van der Waals surface area (Å²) >= 11 is 0. The molecule has 1 fully saturated rings. The first-order valence-corrected chi connectivity index (χ1v) is 10.3. The number of carbonyl (C=O) groups is 2. The van der Waals surface area contributed by atoms with Crippen LogP contribution in [-0.4, -0.2) is 62.2 Å². The van der Waals surface area contributed by atoms with E-state index in [9.17, 15) is 18.0 Å². The van der Waals surface area contributed by atoms with Crippen molar-refractivity contribution in [2.45, 2.75) is 19.3 Å². The fraction of sp³-hybridized carbons (Fsp3) is 0.529. The second-order valence-electron chi connectivity index (χ2n) is 6.33. The number of benzene rings is 1. The number of carboxylic acid groups (broad SMARTS) is 1. The van der Waals surface area contributed by atoms with Gasteiger partial charge in [-0.25, -0.2) is 17.5 Å². The summed E-state index contributed by atoms with van der Waals surface area (Å²) in [6.45, 7) is 0.768. The second kappa shape index (κ2) is 9.00. The van der Waals surface area contributed by atoms with Crippen LogP contribution in [0.4, 0.5) is 0 Å². The van der Waals surface area contributed by atoms with E-state index in [0.29, 0.717) is 38.1 Å². The number of carbonyl (C=O) groups excluding carboxylic acids is 1. The molecule has 1 heterocycles. The Morgan fingerprint density at radius 3 is 2.62 bits per heavy atom. The number of sulfonamides is 1. The minimum Gasteiger partial charge on any atom is -0.482 e. The summed E-state index contributed by atoms with van der Waals surface area (Å²) in [5.74, 6) is -0.998. The quantitative estimate of drug-likeness (QED) is 0.674. The lowest BCUT2D eigenvalue weighted by Crippen LogP contribution is -2.45. The van der Waals surface area contributed by atoms with E-state index in [1.165, 1.54) is 4.31 Å². The van der Waals surface area contributed by atoms with Crippen LogP contribution in [0.3, 0.4) is 0 Å². The first-order chi connectivity index (χ1) is 12.3. The molecule has 1 aromatic rings. The number of piperidine rings is 1. The second-order valence-corrected chi connectivity index (χ2v) is 8.31. The SMILES string of the molecule is CS(=O)(=O)N1CCC[C@H](C(=O)NCCc2ccc(OCC(=O)O)cc2)C1. The number of nitrogens with zero attached hydrogens (tertiary/aromatic N) is 1. The summed E-state index contributed by atoms with van der Waals surface area (Å²) in [7, 11) is -3.27. The van der Waals surface area contributed by atoms with Crippen molar-refractivity contribution < 1.29 is 27.9 Å². The molecule has 26 heavy (non-hydrogen) atoms. The standard InChI is InChI=1S/C17H24N2O6S/c1-26(23,24)19-10-2-3-14(11-19)17(22)18-9-8-13-4-6-15(7-5-13)25-12-16(20)21/h4-7,14H,2-3,8-12H2,1H3,(H,18,22)(H,20,21)/t14-/m0/s1. The molecule has 1 saturated heterocycles. The number of nitrogens with one attached hydrogen (secondary N) is 1. The van der Waals surface area contributed by atoms with E-state index in [2.05, 4.69) is 5.32 Å². The zero-order valence-corrected chi connectivity index (χ0v) is 15.5. The summed E-state index contributed by atoms with van der Waals surface area (Å²) in [6, 6.07) is 7.00. The number of carboxylic acids is 1. The zero-order chi connectivity index (χ0) is 19.2. The van der Waals surface area contributed by atoms with E-state index in [0.717, 1.165) is 11.8 Å². The lowest BCUT2D eigenvalue weighted by atomic mass is 9.99. The average Bonchev–Trinajstić information content (AvgIpc) is 2.60. The van der Waals surface area contributed by atoms with E-state index >= 15 is 0 Å². The van der Waals surface area contributed by atoms with E-state index in [4.69, 9.17) is 9.84 Å². The highest BCUT2D eigenvalue weighted by Gasteiger charge is 2.29. The van der Waals surface area contributed by atoms with Crippen LogP contribution in [-0.2, 0) is 26.0 Å². The molecule has 8 nitrogen and oxygen atoms in total. The van der Waals surface area contributed by atoms with Crippen LogP contribution < -0.4 is 10.1 Å². The van der Waals surface area contributed by atoms with E-state index in [-0.39, 0.29) is 25.0 Å². The smallest absolute Gasteiger partial charge is 0.341 e. The number of rotatable bonds is 8. The number of hydrogen-bond acceptors (Lipinski definition) is 5. The van der Waals surface area contributed by atoms with Gasteiger partial charge >= 0.3 is 5.97 Å². The van der Waals surface area contributed by atoms with Gasteiger partial charge in [-0.15, -0.1) is 0 Å². The van der Waals surface area contributed by atoms with Gasteiger partial charge in [0, 0.05) is 19.6 Å². The van der Waals surface area contributed by atoms with Crippen molar-refractivity contribution in [1.29, 1.82) is 0 Å². The Hall–Kier alpha value is -2.13. The summed E-state index contributed by atoms with van der Waals surface area (Å²) < 4.78 is 29.6. The van der Waals surface area contributed by atoms with E-state index in [1.807, 2.05) is 12.1 Å². The summed E-state index contributed by atoms with van der Waals surface area (Å²) in [6.07, 6.45) is 3.15. The van der Waals surface area contributed by atoms with Crippen LogP contribution in [0.15, 0.2) is 24.3 Å². The largest absolute Gasteiger partial charge is 0.482 e. The first-order valence-electron chi connectivity index (χ1n) is 8.42. The van der Waals surface area contributed by atoms with Crippen LogP contribution in [0.2, 0.25) is 0 Å². The Kier molecular flexibility index (Phi) is 6.98. The number of amides is 1. The molecule has 1 amide bonds. The average molecular weight is 384 g/mol. The van der Waals surface area contributed by atoms with Gasteiger partial charge in [0.25, 0.3) is 0 Å². The molecular formula is C17H24N2O6S. The third-order valence-electron chi connectivity index (χ3n) is 4.22. The van der Waals surface area contributed by atoms with Crippen LogP contribution in [0.25, 0.3) is 0 Å². The fourth-order valence-electron chi connectivity index (χ4n) is 2.83. The topological polar surface area (TPSA) is 113 Å². The van der Waals surface area contributed by atoms with Gasteiger partial charge < -0.3 is 15.2 Å². The van der Waals surface area contributed by atoms with Crippen LogP contribution in [0, 0.1) is 5.92 Å². The number of aliphatic carboxylic acids is 1. The highest BCUT2D eigenvalue weighted by atomic mass is 32.2. The molecule has 144 valence electrons. The summed E-state index contributed by atoms with van der Waals surface area (Å²) in [5.41, 5.74) is 0.981. The van der Waals surface area contributed by atoms with Crippen LogP contribution in [0.5, 0.6) is 5.75 Å². The maximum absolute atomic E-state index is 12.3. The van der Waals surface area contributed by atoms with E-state index < -0.39 is 16.0 Å². The van der Waals surface area contributed by atoms with Crippen molar-refractivity contribution in [3.05, 3.63) is 29.8 Å². The van der Waals surface area contributed by atoms with Crippen molar-refractivity contribution in [2.75, 3.05) is 32.5 Å². The first kappa shape index (κ1) is 20.2. The maximum Gasteiger partial charge on any atom is 0.341 e. The van der Waals surface area contributed by atoms with Crippen molar-refractivity contribution >= 4 is 21.9 Å². The van der Waals surface area contributed by atoms with Gasteiger partial charge in [-0.1, -0.05) is 12.1 Å². The Bertz CT molecular complexity index is 732. The van der Waals surface area contributed by atoms with Gasteiger partial charge in [-0.05, 0) is 37.0 Å². The fourth-order valence-corrected chi connectivity index (χ4v) is 3.74. The van der Waals surface area contributed by atoms with Gasteiger partial charge in [0.05, 0.1) is 12.2 Å². The van der Waals surface area contributed by atoms with Gasteiger partial charge in [0.15, 0.2) is 6.61 Å². The molecule has 0 unspecified atom stereocenters. The lowest BCUT2D eigenvalue weighted by Gasteiger charge is -2.30. The normalized spacial score (nSPS) is 18.3. The van der Waals surface area contributed by atoms with Gasteiger partial charge in [0.2, 0.25) is 15.9 Å². The van der Waals surface area contributed by atoms with Crippen LogP contribution >= 0.6 is 0 Å². The molecule has 2 rings (SSSR count). The maximum atomic E-state index is 12.3. The van der Waals surface area contributed by atoms with Gasteiger partial charge in [-0.2, -0.15) is 0 Å². The van der Waals surface area contributed by atoms with Crippen molar-refractivity contribution in [3.63, 3.8) is 0 Å². The Labute approximate surface area is 153 Å². The van der Waals surface area contributed by atoms with Crippen molar-refractivity contribution in [3.8, 4) is 5.75 Å². The van der Waals surface area contributed by atoms with Crippen molar-refractivity contribution in [1.82, 2.24) is 9.62 Å². The summed E-state index contributed by atoms with van der Waals surface area (Å²) in [5, 5.41) is 11.4. The Morgan fingerprint density at radius 1 is 1.31 bits per heavy atom. The summed E-state index contributed by atoms with van der Waals surface area (Å²) in [4.78, 5) is 22.7. The van der Waals surface area contributed by atoms with Crippen LogP contribution in [0.1, 0.15) is 18.4 Å². The molecule has 0 saturated carbocycles. The third-order valence-corrected chi connectivity index (χ3v) is 5.49. The van der Waals surface area contributed by atoms with Gasteiger partial charge in [0.1, 0.15) is 5.75 Å². The third kappa shape index (κ3) is 6.30. The molecule has 1 aromatic carbocycles. The zero-order valence-electron chi connectivity index (χ0n) is 14.7. The van der Waals surface area contributed by atoms with Crippen molar-refractivity contribution in [2.24, 2.45) is 5.92 Å². The molecular weight excluding hydrogens is 360 g/mol. The molecule has 0 aliphatic carbocycles. The number of hydrogen-bond donors (Lipinski definition) is 2. The monoisotopic (exact) mass is 384 g/mol. The molecule has 0 bridgehead atoms. The number of ether oxygens (including phenoxy) is 1. The highest BCUT2D eigenvalue weighted by molar-refractivity contribution is 7.88. The molecule has 0 radical (unpaired) electrons. The predicted octanol–water partition coefficient (Wildman–Crippen LogP) is 0.480. The minimum atomic E-state index is -3.27. The lowest BCUT2D eigenvalue weighted by molar-refractivity contribution is -0.139. The van der Waals surface area contributed by atoms with Gasteiger partial charge in [-0.3, -0.25) is 4.79 Å². The Morgan fingerprint density at radius 2 is 2.00 bits per heavy atom. The molecule has 9 heteroatoms. The molecule has 2 N–H and O–H groups in total. The predicted molar refractivity (Wildman–Crippen MR) is 95.4 cm³/mol. The molecule has 1 atom stereocenters. The van der Waals surface area contributed by atoms with E-state index in [1.54, 1.807) is 12.1 Å². The minimum absolute atomic E-state index is 0.125. The molecule has 1 aliphatic heterocycles. The molecule has 1 aliphatic rings. The Balaban J connectivity index is 1.76. The highest BCUT2D eigenvalue weighted by Crippen LogP contribution is 2.19. The molecule has 0 aromatic heterocycles. The molecule has 0 spiro atoms.